The van der Waals surface area contributed by atoms with Crippen LogP contribution in [0.5, 0.6) is 0 Å². The van der Waals surface area contributed by atoms with E-state index in [9.17, 15) is 4.79 Å². The van der Waals surface area contributed by atoms with Gasteiger partial charge in [0.25, 0.3) is 0 Å². The molecule has 0 unspecified atom stereocenters. The molecule has 11 heteroatoms. The summed E-state index contributed by atoms with van der Waals surface area (Å²) >= 11 is 19.3. The van der Waals surface area contributed by atoms with Crippen molar-refractivity contribution in [1.29, 1.82) is 0 Å². The Kier molecular flexibility index (Phi) is 6.24. The van der Waals surface area contributed by atoms with E-state index in [0.717, 1.165) is 30.4 Å². The van der Waals surface area contributed by atoms with Crippen LogP contribution in [0, 0.1) is 0 Å². The van der Waals surface area contributed by atoms with Crippen molar-refractivity contribution in [3.8, 4) is 0 Å². The first-order valence-corrected chi connectivity index (χ1v) is 11.1. The zero-order valence-corrected chi connectivity index (χ0v) is 19.0. The Morgan fingerprint density at radius 2 is 2.07 bits per heavy atom. The fraction of sp³-hybridized carbons (Fsp3) is 0.263. The lowest BCUT2D eigenvalue weighted by atomic mass is 10.1. The summed E-state index contributed by atoms with van der Waals surface area (Å²) in [7, 11) is 1.38. The van der Waals surface area contributed by atoms with Gasteiger partial charge in [0.2, 0.25) is 5.95 Å². The number of ether oxygens (including phenoxy) is 1. The molecule has 1 aromatic carbocycles. The van der Waals surface area contributed by atoms with Gasteiger partial charge < -0.3 is 10.1 Å². The maximum atomic E-state index is 12.3. The van der Waals surface area contributed by atoms with Crippen LogP contribution in [0.1, 0.15) is 32.8 Å². The molecule has 0 amide bonds. The molecule has 0 aliphatic heterocycles. The van der Waals surface area contributed by atoms with Crippen molar-refractivity contribution in [3.05, 3.63) is 56.1 Å². The topological polar surface area (TPSA) is 81.1 Å². The quantitative estimate of drug-likeness (QED) is 0.400. The number of aromatic nitrogens is 3. The summed E-state index contributed by atoms with van der Waals surface area (Å²) < 4.78 is 6.56. The van der Waals surface area contributed by atoms with Gasteiger partial charge in [0.15, 0.2) is 5.11 Å². The predicted octanol–water partition coefficient (Wildman–Crippen LogP) is 4.78. The van der Waals surface area contributed by atoms with Crippen molar-refractivity contribution in [2.45, 2.75) is 25.8 Å². The number of aryl methyl sites for hydroxylation is 1. The Morgan fingerprint density at radius 3 is 2.80 bits per heavy atom. The zero-order valence-electron chi connectivity index (χ0n) is 15.9. The molecule has 1 aliphatic rings. The second-order valence-electron chi connectivity index (χ2n) is 6.60. The van der Waals surface area contributed by atoms with E-state index in [-0.39, 0.29) is 11.1 Å². The molecule has 30 heavy (non-hydrogen) atoms. The Morgan fingerprint density at radius 1 is 1.30 bits per heavy atom. The number of nitrogens with zero attached hydrogens (tertiary/aromatic N) is 3. The van der Waals surface area contributed by atoms with E-state index in [0.29, 0.717) is 33.1 Å². The molecule has 2 aromatic heterocycles. The van der Waals surface area contributed by atoms with Crippen LogP contribution >= 0.6 is 46.8 Å². The van der Waals surface area contributed by atoms with Crippen molar-refractivity contribution >= 4 is 68.8 Å². The Labute approximate surface area is 192 Å². The molecule has 1 aliphatic carbocycles. The first-order chi connectivity index (χ1) is 14.5. The molecule has 0 spiro atoms. The van der Waals surface area contributed by atoms with Crippen LogP contribution in [0.4, 0.5) is 10.9 Å². The van der Waals surface area contributed by atoms with Crippen molar-refractivity contribution < 1.29 is 9.53 Å². The Balaban J connectivity index is 1.45. The normalized spacial score (nSPS) is 12.5. The number of nitrogens with one attached hydrogen (secondary N) is 2. The zero-order chi connectivity index (χ0) is 21.3. The second-order valence-corrected chi connectivity index (χ2v) is 8.93. The first kappa shape index (κ1) is 21.0. The number of benzene rings is 1. The van der Waals surface area contributed by atoms with Crippen LogP contribution in [0.3, 0.4) is 0 Å². The van der Waals surface area contributed by atoms with Gasteiger partial charge in [-0.2, -0.15) is 0 Å². The van der Waals surface area contributed by atoms with Crippen LogP contribution in [-0.4, -0.2) is 33.0 Å². The molecule has 0 saturated carbocycles. The minimum Gasteiger partial charge on any atom is -0.465 e. The van der Waals surface area contributed by atoms with Gasteiger partial charge in [0.1, 0.15) is 11.3 Å². The third-order valence-corrected chi connectivity index (χ3v) is 6.80. The lowest BCUT2D eigenvalue weighted by Gasteiger charge is -2.09. The van der Waals surface area contributed by atoms with Crippen molar-refractivity contribution in [1.82, 2.24) is 14.8 Å². The number of halogens is 2. The molecule has 3 aromatic rings. The number of thiophene rings is 1. The predicted molar refractivity (Wildman–Crippen MR) is 123 cm³/mol. The highest BCUT2D eigenvalue weighted by atomic mass is 35.5. The van der Waals surface area contributed by atoms with E-state index in [1.165, 1.54) is 23.3 Å². The maximum absolute atomic E-state index is 12.3. The van der Waals surface area contributed by atoms with E-state index in [4.69, 9.17) is 40.2 Å². The molecular weight excluding hydrogens is 465 g/mol. The van der Waals surface area contributed by atoms with Gasteiger partial charge in [0, 0.05) is 20.5 Å². The molecule has 2 heterocycles. The number of carbonyl (C=O) groups is 1. The van der Waals surface area contributed by atoms with E-state index in [2.05, 4.69) is 20.7 Å². The number of hydrogen-bond donors (Lipinski definition) is 2. The van der Waals surface area contributed by atoms with Crippen LogP contribution < -0.4 is 10.6 Å². The average molecular weight is 482 g/mol. The van der Waals surface area contributed by atoms with Crippen LogP contribution in [-0.2, 0) is 24.1 Å². The van der Waals surface area contributed by atoms with Crippen LogP contribution in [0.2, 0.25) is 10.0 Å². The Hall–Kier alpha value is -2.20. The summed E-state index contributed by atoms with van der Waals surface area (Å²) in [5.74, 6) is -0.0434. The smallest absolute Gasteiger partial charge is 0.341 e. The van der Waals surface area contributed by atoms with Crippen molar-refractivity contribution in [3.63, 3.8) is 0 Å². The summed E-state index contributed by atoms with van der Waals surface area (Å²) in [5, 5.41) is 12.5. The van der Waals surface area contributed by atoms with Gasteiger partial charge in [-0.25, -0.2) is 14.5 Å². The second kappa shape index (κ2) is 8.89. The fourth-order valence-electron chi connectivity index (χ4n) is 3.32. The van der Waals surface area contributed by atoms with Gasteiger partial charge >= 0.3 is 5.97 Å². The summed E-state index contributed by atoms with van der Waals surface area (Å²) in [6.07, 6.45) is 4.44. The Bertz CT molecular complexity index is 1110. The van der Waals surface area contributed by atoms with E-state index >= 15 is 0 Å². The summed E-state index contributed by atoms with van der Waals surface area (Å²) in [5.41, 5.74) is 2.37. The van der Waals surface area contributed by atoms with Gasteiger partial charge in [-0.3, -0.25) is 5.32 Å². The number of carbonyl (C=O) groups excluding carboxylic acids is 1. The molecule has 7 nitrogen and oxygen atoms in total. The molecule has 0 bridgehead atoms. The lowest BCUT2D eigenvalue weighted by molar-refractivity contribution is 0.0601. The standard InChI is InChI=1S/C19H17Cl2N5O2S2/c1-28-17(27)15-10-4-2-7-14(10)30-16(15)23-19(29)24-18-22-9-26(25-18)8-11-12(20)5-3-6-13(11)21/h3,5-6,9H,2,4,7-8H2,1H3,(H2,23,24,25,29). The third kappa shape index (κ3) is 4.29. The molecule has 0 radical (unpaired) electrons. The number of methoxy groups -OCH3 is 1. The molecule has 0 atom stereocenters. The largest absolute Gasteiger partial charge is 0.465 e. The number of fused-ring (bicyclic) bond motifs is 1. The van der Waals surface area contributed by atoms with Crippen molar-refractivity contribution in [2.24, 2.45) is 0 Å². The van der Waals surface area contributed by atoms with Gasteiger partial charge in [-0.15, -0.1) is 16.4 Å². The first-order valence-electron chi connectivity index (χ1n) is 9.09. The van der Waals surface area contributed by atoms with E-state index in [1.807, 2.05) is 0 Å². The molecule has 2 N–H and O–H groups in total. The van der Waals surface area contributed by atoms with Gasteiger partial charge in [-0.1, -0.05) is 29.3 Å². The highest BCUT2D eigenvalue weighted by Gasteiger charge is 2.27. The van der Waals surface area contributed by atoms with Gasteiger partial charge in [0.05, 0.1) is 19.2 Å². The molecule has 0 fully saturated rings. The summed E-state index contributed by atoms with van der Waals surface area (Å²) in [6.45, 7) is 0.373. The summed E-state index contributed by atoms with van der Waals surface area (Å²) in [6, 6.07) is 5.33. The average Bonchev–Trinajstić information content (AvgIpc) is 3.40. The molecule has 156 valence electrons. The molecular formula is C19H17Cl2N5O2S2. The van der Waals surface area contributed by atoms with Gasteiger partial charge in [-0.05, 0) is 49.2 Å². The summed E-state index contributed by atoms with van der Waals surface area (Å²) in [4.78, 5) is 17.7. The number of hydrogen-bond acceptors (Lipinski definition) is 6. The molecule has 4 rings (SSSR count). The monoisotopic (exact) mass is 481 g/mol. The van der Waals surface area contributed by atoms with Crippen LogP contribution in [0.15, 0.2) is 24.5 Å². The SMILES string of the molecule is COC(=O)c1c(NC(=S)Nc2ncn(Cc3c(Cl)cccc3Cl)n2)sc2c1CCC2. The third-order valence-electron chi connectivity index (χ3n) is 4.68. The maximum Gasteiger partial charge on any atom is 0.341 e. The van der Waals surface area contributed by atoms with E-state index in [1.54, 1.807) is 29.2 Å². The fourth-order valence-corrected chi connectivity index (χ4v) is 5.38. The van der Waals surface area contributed by atoms with Crippen LogP contribution in [0.25, 0.3) is 0 Å². The number of esters is 1. The lowest BCUT2D eigenvalue weighted by Crippen LogP contribution is -2.21. The number of rotatable bonds is 5. The highest BCUT2D eigenvalue weighted by Crippen LogP contribution is 2.39. The molecule has 0 saturated heterocycles. The van der Waals surface area contributed by atoms with Crippen molar-refractivity contribution in [2.75, 3.05) is 17.7 Å². The highest BCUT2D eigenvalue weighted by molar-refractivity contribution is 7.80. The minimum atomic E-state index is -0.362. The number of thiocarbonyl (C=S) groups is 1. The number of anilines is 2. The van der Waals surface area contributed by atoms with E-state index < -0.39 is 0 Å². The minimum absolute atomic E-state index is 0.286.